The minimum atomic E-state index is -4.53. The summed E-state index contributed by atoms with van der Waals surface area (Å²) < 4.78 is 55.5. The zero-order valence-electron chi connectivity index (χ0n) is 10.1. The van der Waals surface area contributed by atoms with Crippen molar-refractivity contribution < 1.29 is 22.3 Å². The van der Waals surface area contributed by atoms with Crippen molar-refractivity contribution >= 4 is 5.69 Å². The third-order valence-corrected chi connectivity index (χ3v) is 2.52. The van der Waals surface area contributed by atoms with E-state index in [1.54, 1.807) is 0 Å². The number of rotatable bonds is 5. The van der Waals surface area contributed by atoms with Crippen molar-refractivity contribution in [2.24, 2.45) is 0 Å². The molecule has 0 amide bonds. The van der Waals surface area contributed by atoms with Gasteiger partial charge in [0.05, 0.1) is 17.9 Å². The molecule has 1 aromatic carbocycles. The molecule has 0 saturated heterocycles. The van der Waals surface area contributed by atoms with E-state index in [0.29, 0.717) is 19.1 Å². The Balaban J connectivity index is 2.85. The number of alkyl halides is 3. The van der Waals surface area contributed by atoms with Crippen LogP contribution in [-0.2, 0) is 10.9 Å². The summed E-state index contributed by atoms with van der Waals surface area (Å²) in [5, 5.41) is 2.81. The zero-order valence-corrected chi connectivity index (χ0v) is 10.1. The molecule has 0 heterocycles. The lowest BCUT2D eigenvalue weighted by Crippen LogP contribution is -2.24. The highest BCUT2D eigenvalue weighted by Gasteiger charge is 2.31. The summed E-state index contributed by atoms with van der Waals surface area (Å²) in [4.78, 5) is 0. The van der Waals surface area contributed by atoms with E-state index in [4.69, 9.17) is 4.74 Å². The van der Waals surface area contributed by atoms with Crippen molar-refractivity contribution in [3.05, 3.63) is 29.6 Å². The Morgan fingerprint density at radius 2 is 2.00 bits per heavy atom. The fourth-order valence-electron chi connectivity index (χ4n) is 1.49. The minimum Gasteiger partial charge on any atom is -0.383 e. The summed E-state index contributed by atoms with van der Waals surface area (Å²) in [6, 6.07) is 2.30. The van der Waals surface area contributed by atoms with Gasteiger partial charge in [-0.3, -0.25) is 0 Å². The van der Waals surface area contributed by atoms with Crippen molar-refractivity contribution in [2.45, 2.75) is 25.6 Å². The maximum absolute atomic E-state index is 13.5. The van der Waals surface area contributed by atoms with Crippen LogP contribution in [0.25, 0.3) is 0 Å². The van der Waals surface area contributed by atoms with E-state index in [9.17, 15) is 17.6 Å². The highest BCUT2D eigenvalue weighted by Crippen LogP contribution is 2.31. The molecule has 2 nitrogen and oxygen atoms in total. The molecule has 0 aliphatic heterocycles. The van der Waals surface area contributed by atoms with E-state index in [0.717, 1.165) is 12.1 Å². The Bertz CT molecular complexity index is 392. The fraction of sp³-hybridized carbons (Fsp3) is 0.500. The predicted molar refractivity (Wildman–Crippen MR) is 61.0 cm³/mol. The largest absolute Gasteiger partial charge is 0.416 e. The molecule has 0 fully saturated rings. The molecular weight excluding hydrogens is 250 g/mol. The maximum Gasteiger partial charge on any atom is 0.416 e. The molecule has 6 heteroatoms. The maximum atomic E-state index is 13.5. The molecule has 0 spiro atoms. The van der Waals surface area contributed by atoms with Gasteiger partial charge in [-0.2, -0.15) is 13.2 Å². The van der Waals surface area contributed by atoms with Crippen LogP contribution in [0.3, 0.4) is 0 Å². The van der Waals surface area contributed by atoms with Gasteiger partial charge in [-0.25, -0.2) is 4.39 Å². The van der Waals surface area contributed by atoms with E-state index in [1.807, 2.05) is 6.92 Å². The molecule has 0 aliphatic rings. The molecule has 102 valence electrons. The molecule has 0 bridgehead atoms. The normalized spacial score (nSPS) is 13.4. The topological polar surface area (TPSA) is 21.3 Å². The van der Waals surface area contributed by atoms with Gasteiger partial charge in [0, 0.05) is 13.2 Å². The van der Waals surface area contributed by atoms with Crippen LogP contribution in [0.4, 0.5) is 23.2 Å². The lowest BCUT2D eigenvalue weighted by atomic mass is 10.1. The van der Waals surface area contributed by atoms with Gasteiger partial charge < -0.3 is 10.1 Å². The summed E-state index contributed by atoms with van der Waals surface area (Å²) in [7, 11) is 1.51. The van der Waals surface area contributed by atoms with Gasteiger partial charge in [-0.05, 0) is 24.6 Å². The van der Waals surface area contributed by atoms with Crippen LogP contribution in [0.15, 0.2) is 18.2 Å². The molecule has 1 rings (SSSR count). The van der Waals surface area contributed by atoms with Gasteiger partial charge in [-0.15, -0.1) is 0 Å². The number of benzene rings is 1. The summed E-state index contributed by atoms with van der Waals surface area (Å²) in [5.41, 5.74) is -0.947. The SMILES string of the molecule is CCC(COC)Nc1ccc(C(F)(F)F)cc1F. The molecule has 18 heavy (non-hydrogen) atoms. The number of halogens is 4. The second-order valence-electron chi connectivity index (χ2n) is 3.90. The van der Waals surface area contributed by atoms with Crippen LogP contribution in [0.5, 0.6) is 0 Å². The van der Waals surface area contributed by atoms with Crippen molar-refractivity contribution in [1.82, 2.24) is 0 Å². The third kappa shape index (κ3) is 3.87. The lowest BCUT2D eigenvalue weighted by Gasteiger charge is -2.18. The highest BCUT2D eigenvalue weighted by molar-refractivity contribution is 5.47. The van der Waals surface area contributed by atoms with Gasteiger partial charge in [0.15, 0.2) is 0 Å². The molecule has 1 unspecified atom stereocenters. The van der Waals surface area contributed by atoms with Crippen LogP contribution >= 0.6 is 0 Å². The Hall–Kier alpha value is -1.30. The van der Waals surface area contributed by atoms with Crippen LogP contribution in [-0.4, -0.2) is 19.8 Å². The molecule has 1 N–H and O–H groups in total. The average molecular weight is 265 g/mol. The summed E-state index contributed by atoms with van der Waals surface area (Å²) in [6.45, 7) is 2.23. The van der Waals surface area contributed by atoms with E-state index in [2.05, 4.69) is 5.32 Å². The number of ether oxygens (including phenoxy) is 1. The molecule has 0 radical (unpaired) electrons. The lowest BCUT2D eigenvalue weighted by molar-refractivity contribution is -0.137. The number of methoxy groups -OCH3 is 1. The third-order valence-electron chi connectivity index (χ3n) is 2.52. The number of hydrogen-bond acceptors (Lipinski definition) is 2. The molecule has 1 atom stereocenters. The van der Waals surface area contributed by atoms with E-state index in [-0.39, 0.29) is 11.7 Å². The fourth-order valence-corrected chi connectivity index (χ4v) is 1.49. The molecule has 0 saturated carbocycles. The van der Waals surface area contributed by atoms with Crippen LogP contribution < -0.4 is 5.32 Å². The Kier molecular flexibility index (Phi) is 4.95. The van der Waals surface area contributed by atoms with Gasteiger partial charge in [0.2, 0.25) is 0 Å². The van der Waals surface area contributed by atoms with Crippen molar-refractivity contribution in [2.75, 3.05) is 19.0 Å². The summed E-state index contributed by atoms with van der Waals surface area (Å²) in [6.07, 6.45) is -3.86. The zero-order chi connectivity index (χ0) is 13.8. The average Bonchev–Trinajstić information content (AvgIpc) is 2.29. The van der Waals surface area contributed by atoms with Crippen molar-refractivity contribution in [1.29, 1.82) is 0 Å². The second-order valence-corrected chi connectivity index (χ2v) is 3.90. The molecular formula is C12H15F4NO. The molecule has 0 aromatic heterocycles. The Labute approximate surface area is 103 Å². The van der Waals surface area contributed by atoms with Crippen molar-refractivity contribution in [3.63, 3.8) is 0 Å². The number of nitrogens with one attached hydrogen (secondary N) is 1. The van der Waals surface area contributed by atoms with E-state index < -0.39 is 17.6 Å². The second kappa shape index (κ2) is 6.04. The standard InChI is InChI=1S/C12H15F4NO/c1-3-9(7-18-2)17-11-5-4-8(6-10(11)13)12(14,15)16/h4-6,9,17H,3,7H2,1-2H3. The van der Waals surface area contributed by atoms with Crippen LogP contribution in [0, 0.1) is 5.82 Å². The smallest absolute Gasteiger partial charge is 0.383 e. The first kappa shape index (κ1) is 14.8. The van der Waals surface area contributed by atoms with Crippen LogP contribution in [0.2, 0.25) is 0 Å². The first-order valence-corrected chi connectivity index (χ1v) is 5.50. The molecule has 1 aromatic rings. The van der Waals surface area contributed by atoms with E-state index in [1.165, 1.54) is 7.11 Å². The Morgan fingerprint density at radius 1 is 1.33 bits per heavy atom. The Morgan fingerprint density at radius 3 is 2.44 bits per heavy atom. The quantitative estimate of drug-likeness (QED) is 0.820. The van der Waals surface area contributed by atoms with Gasteiger partial charge in [-0.1, -0.05) is 6.92 Å². The summed E-state index contributed by atoms with van der Waals surface area (Å²) in [5.74, 6) is -0.917. The van der Waals surface area contributed by atoms with Gasteiger partial charge in [0.25, 0.3) is 0 Å². The monoisotopic (exact) mass is 265 g/mol. The predicted octanol–water partition coefficient (Wildman–Crippen LogP) is 3.68. The minimum absolute atomic E-state index is 0.0481. The van der Waals surface area contributed by atoms with Gasteiger partial charge in [0.1, 0.15) is 5.82 Å². The first-order valence-electron chi connectivity index (χ1n) is 5.50. The number of anilines is 1. The highest BCUT2D eigenvalue weighted by atomic mass is 19.4. The summed E-state index contributed by atoms with van der Waals surface area (Å²) >= 11 is 0. The van der Waals surface area contributed by atoms with E-state index >= 15 is 0 Å². The van der Waals surface area contributed by atoms with Crippen LogP contribution in [0.1, 0.15) is 18.9 Å². The van der Waals surface area contributed by atoms with Gasteiger partial charge >= 0.3 is 6.18 Å². The first-order chi connectivity index (χ1) is 8.38. The van der Waals surface area contributed by atoms with Crippen molar-refractivity contribution in [3.8, 4) is 0 Å². The molecule has 0 aliphatic carbocycles. The number of hydrogen-bond donors (Lipinski definition) is 1.